The number of nitrogens with zero attached hydrogens (tertiary/aromatic N) is 3. The maximum atomic E-state index is 13.2. The Labute approximate surface area is 178 Å². The smallest absolute Gasteiger partial charge is 0.269 e. The van der Waals surface area contributed by atoms with Gasteiger partial charge in [-0.3, -0.25) is 9.69 Å². The second kappa shape index (κ2) is 8.04. The molecule has 2 aromatic rings. The summed E-state index contributed by atoms with van der Waals surface area (Å²) in [6.45, 7) is 5.30. The quantitative estimate of drug-likeness (QED) is 0.708. The molecule has 2 aliphatic heterocycles. The number of fused-ring (bicyclic) bond motifs is 1. The van der Waals surface area contributed by atoms with E-state index in [1.165, 1.54) is 11.8 Å². The minimum Gasteiger partial charge on any atom is -0.508 e. The first-order chi connectivity index (χ1) is 14.0. The van der Waals surface area contributed by atoms with E-state index in [0.717, 1.165) is 27.9 Å². The van der Waals surface area contributed by atoms with Crippen LogP contribution >= 0.6 is 23.5 Å². The summed E-state index contributed by atoms with van der Waals surface area (Å²) in [5.74, 6) is 0.952. The number of ether oxygens (including phenoxy) is 1. The van der Waals surface area contributed by atoms with Crippen molar-refractivity contribution in [1.29, 1.82) is 0 Å². The molecular formula is C21H21N3O3S2. The van der Waals surface area contributed by atoms with Crippen molar-refractivity contribution >= 4 is 46.0 Å². The highest BCUT2D eigenvalue weighted by Crippen LogP contribution is 2.51. The van der Waals surface area contributed by atoms with Gasteiger partial charge in [0.25, 0.3) is 5.91 Å². The molecule has 2 aliphatic rings. The van der Waals surface area contributed by atoms with Gasteiger partial charge in [0.15, 0.2) is 5.17 Å². The molecule has 4 rings (SSSR count). The zero-order valence-corrected chi connectivity index (χ0v) is 18.0. The van der Waals surface area contributed by atoms with Crippen molar-refractivity contribution in [2.45, 2.75) is 18.7 Å². The normalized spacial score (nSPS) is 20.0. The third-order valence-corrected chi connectivity index (χ3v) is 7.05. The van der Waals surface area contributed by atoms with Crippen molar-refractivity contribution < 1.29 is 14.6 Å². The topological polar surface area (TPSA) is 65.4 Å². The first kappa shape index (κ1) is 19.7. The summed E-state index contributed by atoms with van der Waals surface area (Å²) >= 11 is 3.00. The first-order valence-corrected chi connectivity index (χ1v) is 10.9. The standard InChI is InChI=1S/C21H21N3O3S2/c1-4-23-16-12-15(27-3)10-11-17(16)28-20(23)18-19(26)24(5-2)21(29-18)22-13-6-8-14(25)9-7-13/h6-12,25H,4-5H2,1-3H3/b20-18-,22-21?. The molecule has 1 saturated heterocycles. The number of amidine groups is 1. The van der Waals surface area contributed by atoms with E-state index >= 15 is 0 Å². The molecule has 6 nitrogen and oxygen atoms in total. The Morgan fingerprint density at radius 2 is 1.76 bits per heavy atom. The van der Waals surface area contributed by atoms with E-state index in [4.69, 9.17) is 4.74 Å². The summed E-state index contributed by atoms with van der Waals surface area (Å²) in [5.41, 5.74) is 1.75. The van der Waals surface area contributed by atoms with Gasteiger partial charge in [-0.1, -0.05) is 11.8 Å². The van der Waals surface area contributed by atoms with Crippen LogP contribution < -0.4 is 9.64 Å². The second-order valence-electron chi connectivity index (χ2n) is 6.38. The third kappa shape index (κ3) is 3.58. The summed E-state index contributed by atoms with van der Waals surface area (Å²) in [6, 6.07) is 12.6. The van der Waals surface area contributed by atoms with E-state index in [2.05, 4.69) is 16.8 Å². The minimum atomic E-state index is -0.0317. The Morgan fingerprint density at radius 3 is 2.41 bits per heavy atom. The fourth-order valence-electron chi connectivity index (χ4n) is 3.21. The molecule has 8 heteroatoms. The van der Waals surface area contributed by atoms with Gasteiger partial charge in [0.2, 0.25) is 0 Å². The van der Waals surface area contributed by atoms with Crippen LogP contribution in [0.3, 0.4) is 0 Å². The average Bonchev–Trinajstić information content (AvgIpc) is 3.25. The Morgan fingerprint density at radius 1 is 1.03 bits per heavy atom. The molecule has 0 bridgehead atoms. The summed E-state index contributed by atoms with van der Waals surface area (Å²) < 4.78 is 5.37. The molecule has 1 amide bonds. The maximum Gasteiger partial charge on any atom is 0.269 e. The molecule has 0 atom stereocenters. The molecule has 0 radical (unpaired) electrons. The fourth-order valence-corrected chi connectivity index (χ4v) is 5.64. The lowest BCUT2D eigenvalue weighted by Gasteiger charge is -2.19. The molecular weight excluding hydrogens is 406 g/mol. The van der Waals surface area contributed by atoms with Crippen LogP contribution in [0.5, 0.6) is 11.5 Å². The number of aromatic hydroxyl groups is 1. The Hall–Kier alpha value is -2.58. The van der Waals surface area contributed by atoms with E-state index < -0.39 is 0 Å². The van der Waals surface area contributed by atoms with Crippen molar-refractivity contribution in [2.24, 2.45) is 4.99 Å². The van der Waals surface area contributed by atoms with Crippen molar-refractivity contribution in [3.05, 3.63) is 52.4 Å². The van der Waals surface area contributed by atoms with Gasteiger partial charge >= 0.3 is 0 Å². The number of phenols is 1. The van der Waals surface area contributed by atoms with Crippen LogP contribution in [0.15, 0.2) is 62.3 Å². The SMILES string of the molecule is CCN1C(=O)/C(=C2/Sc3ccc(OC)cc3N2CC)SC1=Nc1ccc(O)cc1. The monoisotopic (exact) mass is 427 g/mol. The van der Waals surface area contributed by atoms with Crippen molar-refractivity contribution in [3.63, 3.8) is 0 Å². The molecule has 2 heterocycles. The van der Waals surface area contributed by atoms with Crippen LogP contribution in [0.1, 0.15) is 13.8 Å². The highest BCUT2D eigenvalue weighted by Gasteiger charge is 2.39. The van der Waals surface area contributed by atoms with Crippen LogP contribution in [-0.2, 0) is 4.79 Å². The molecule has 0 aliphatic carbocycles. The molecule has 0 saturated carbocycles. The lowest BCUT2D eigenvalue weighted by molar-refractivity contribution is -0.122. The number of phenolic OH excluding ortho intramolecular Hbond substituents is 1. The minimum absolute atomic E-state index is 0.0317. The molecule has 2 aromatic carbocycles. The molecule has 1 N–H and O–H groups in total. The van der Waals surface area contributed by atoms with Gasteiger partial charge in [0, 0.05) is 24.1 Å². The van der Waals surface area contributed by atoms with Crippen molar-refractivity contribution in [2.75, 3.05) is 25.1 Å². The summed E-state index contributed by atoms with van der Waals surface area (Å²) in [4.78, 5) is 23.5. The van der Waals surface area contributed by atoms with Gasteiger partial charge in [-0.2, -0.15) is 0 Å². The molecule has 0 aromatic heterocycles. The number of rotatable bonds is 4. The first-order valence-electron chi connectivity index (χ1n) is 9.30. The highest BCUT2D eigenvalue weighted by molar-refractivity contribution is 8.19. The van der Waals surface area contributed by atoms with E-state index in [0.29, 0.717) is 22.3 Å². The number of benzene rings is 2. The van der Waals surface area contributed by atoms with Gasteiger partial charge in [0.1, 0.15) is 21.4 Å². The number of hydrogen-bond acceptors (Lipinski definition) is 7. The number of hydrogen-bond donors (Lipinski definition) is 1. The third-order valence-electron chi connectivity index (χ3n) is 4.67. The largest absolute Gasteiger partial charge is 0.508 e. The molecule has 29 heavy (non-hydrogen) atoms. The summed E-state index contributed by atoms with van der Waals surface area (Å²) in [6.07, 6.45) is 0. The predicted octanol–water partition coefficient (Wildman–Crippen LogP) is 4.78. The Bertz CT molecular complexity index is 1020. The Balaban J connectivity index is 1.73. The summed E-state index contributed by atoms with van der Waals surface area (Å²) in [5, 5.41) is 11.1. The van der Waals surface area contributed by atoms with E-state index in [1.807, 2.05) is 25.1 Å². The number of carbonyl (C=O) groups is 1. The van der Waals surface area contributed by atoms with Crippen LogP contribution in [0, 0.1) is 0 Å². The highest BCUT2D eigenvalue weighted by atomic mass is 32.2. The van der Waals surface area contributed by atoms with Gasteiger partial charge < -0.3 is 14.7 Å². The van der Waals surface area contributed by atoms with Gasteiger partial charge in [-0.05, 0) is 62.0 Å². The number of likely N-dealkylation sites (N-methyl/N-ethyl adjacent to an activating group) is 1. The fraction of sp³-hybridized carbons (Fsp3) is 0.238. The predicted molar refractivity (Wildman–Crippen MR) is 119 cm³/mol. The zero-order chi connectivity index (χ0) is 20.5. The number of amides is 1. The average molecular weight is 428 g/mol. The van der Waals surface area contributed by atoms with Gasteiger partial charge in [-0.15, -0.1) is 0 Å². The van der Waals surface area contributed by atoms with E-state index in [1.54, 1.807) is 48.0 Å². The zero-order valence-electron chi connectivity index (χ0n) is 16.4. The van der Waals surface area contributed by atoms with Gasteiger partial charge in [0.05, 0.1) is 18.5 Å². The van der Waals surface area contributed by atoms with Crippen LogP contribution in [-0.4, -0.2) is 41.3 Å². The number of thioether (sulfide) groups is 2. The molecule has 0 spiro atoms. The number of methoxy groups -OCH3 is 1. The van der Waals surface area contributed by atoms with Gasteiger partial charge in [-0.25, -0.2) is 4.99 Å². The lowest BCUT2D eigenvalue weighted by atomic mass is 10.2. The van der Waals surface area contributed by atoms with E-state index in [9.17, 15) is 9.90 Å². The summed E-state index contributed by atoms with van der Waals surface area (Å²) in [7, 11) is 1.65. The second-order valence-corrected chi connectivity index (χ2v) is 8.38. The molecule has 1 fully saturated rings. The molecule has 150 valence electrons. The number of anilines is 1. The van der Waals surface area contributed by atoms with E-state index in [-0.39, 0.29) is 11.7 Å². The van der Waals surface area contributed by atoms with Crippen LogP contribution in [0.2, 0.25) is 0 Å². The maximum absolute atomic E-state index is 13.2. The van der Waals surface area contributed by atoms with Crippen molar-refractivity contribution in [1.82, 2.24) is 4.90 Å². The molecule has 0 unspecified atom stereocenters. The number of aliphatic imine (C=N–C) groups is 1. The Kier molecular flexibility index (Phi) is 5.47. The number of carbonyl (C=O) groups excluding carboxylic acids is 1. The lowest BCUT2D eigenvalue weighted by Crippen LogP contribution is -2.29. The van der Waals surface area contributed by atoms with Crippen molar-refractivity contribution in [3.8, 4) is 11.5 Å². The van der Waals surface area contributed by atoms with Crippen LogP contribution in [0.25, 0.3) is 0 Å². The van der Waals surface area contributed by atoms with Crippen LogP contribution in [0.4, 0.5) is 11.4 Å².